The zero-order valence-corrected chi connectivity index (χ0v) is 25.8. The molecule has 1 aliphatic rings. The maximum Gasteiger partial charge on any atom is 0.271 e. The highest BCUT2D eigenvalue weighted by atomic mass is 35.5. The Morgan fingerprint density at radius 2 is 1.81 bits per heavy atom. The summed E-state index contributed by atoms with van der Waals surface area (Å²) in [5.41, 5.74) is 0.485. The second-order valence-corrected chi connectivity index (χ2v) is 12.8. The van der Waals surface area contributed by atoms with Crippen molar-refractivity contribution in [1.82, 2.24) is 24.7 Å². The van der Waals surface area contributed by atoms with Gasteiger partial charge in [-0.15, -0.1) is 0 Å². The van der Waals surface area contributed by atoms with E-state index in [-0.39, 0.29) is 50.9 Å². The van der Waals surface area contributed by atoms with Gasteiger partial charge in [-0.05, 0) is 57.3 Å². The molecule has 228 valence electrons. The Hall–Kier alpha value is -3.75. The number of aromatic amines is 1. The zero-order valence-electron chi connectivity index (χ0n) is 23.4. The van der Waals surface area contributed by atoms with Crippen LogP contribution < -0.4 is 16.0 Å². The molecule has 0 aliphatic carbocycles. The second-order valence-electron chi connectivity index (χ2n) is 10.1. The van der Waals surface area contributed by atoms with Crippen molar-refractivity contribution in [3.05, 3.63) is 82.1 Å². The molecular weight excluding hydrogens is 617 g/mol. The Morgan fingerprint density at radius 1 is 1.09 bits per heavy atom. The number of anilines is 2. The predicted octanol–water partition coefficient (Wildman–Crippen LogP) is 3.61. The number of hydrogen-bond acceptors (Lipinski definition) is 7. The highest BCUT2D eigenvalue weighted by Crippen LogP contribution is 2.26. The van der Waals surface area contributed by atoms with Crippen LogP contribution in [-0.4, -0.2) is 85.3 Å². The smallest absolute Gasteiger partial charge is 0.271 e. The molecule has 0 radical (unpaired) electrons. The predicted molar refractivity (Wildman–Crippen MR) is 165 cm³/mol. The van der Waals surface area contributed by atoms with Crippen molar-refractivity contribution in [3.8, 4) is 0 Å². The van der Waals surface area contributed by atoms with E-state index in [2.05, 4.69) is 26.1 Å². The summed E-state index contributed by atoms with van der Waals surface area (Å²) in [7, 11) is -0.177. The van der Waals surface area contributed by atoms with Crippen molar-refractivity contribution < 1.29 is 22.8 Å². The number of nitrogens with zero attached hydrogens (tertiary/aromatic N) is 3. The van der Waals surface area contributed by atoms with Crippen LogP contribution in [0.25, 0.3) is 0 Å². The van der Waals surface area contributed by atoms with Gasteiger partial charge >= 0.3 is 0 Å². The molecule has 1 atom stereocenters. The molecule has 0 saturated carbocycles. The summed E-state index contributed by atoms with van der Waals surface area (Å²) in [5.74, 6) is -1.57. The number of amides is 3. The van der Waals surface area contributed by atoms with Gasteiger partial charge in [-0.2, -0.15) is 9.40 Å². The lowest BCUT2D eigenvalue weighted by Gasteiger charge is -2.32. The number of carbonyl (C=O) groups excluding carboxylic acids is 3. The molecule has 2 aromatic carbocycles. The lowest BCUT2D eigenvalue weighted by atomic mass is 10.1. The number of carbonyl (C=O) groups is 3. The molecule has 4 rings (SSSR count). The van der Waals surface area contributed by atoms with E-state index >= 15 is 0 Å². The molecule has 3 aromatic rings. The monoisotopic (exact) mass is 647 g/mol. The second kappa shape index (κ2) is 14.1. The van der Waals surface area contributed by atoms with Crippen LogP contribution in [0, 0.1) is 0 Å². The number of likely N-dealkylation sites (N-methyl/N-ethyl adjacent to an activating group) is 1. The normalized spacial score (nSPS) is 15.9. The first-order valence-corrected chi connectivity index (χ1v) is 15.5. The van der Waals surface area contributed by atoms with E-state index in [1.807, 2.05) is 19.0 Å². The lowest BCUT2D eigenvalue weighted by molar-refractivity contribution is -0.111. The van der Waals surface area contributed by atoms with Gasteiger partial charge in [-0.1, -0.05) is 41.4 Å². The van der Waals surface area contributed by atoms with Crippen molar-refractivity contribution in [2.45, 2.75) is 23.8 Å². The molecule has 0 spiro atoms. The number of benzene rings is 2. The molecule has 2 heterocycles. The van der Waals surface area contributed by atoms with Gasteiger partial charge in [0.1, 0.15) is 5.69 Å². The van der Waals surface area contributed by atoms with E-state index in [1.54, 1.807) is 24.3 Å². The fraction of sp³-hybridized carbons (Fsp3) is 0.286. The summed E-state index contributed by atoms with van der Waals surface area (Å²) < 4.78 is 28.3. The number of nitrogens with one attached hydrogen (secondary N) is 4. The minimum atomic E-state index is -3.93. The van der Waals surface area contributed by atoms with Crippen molar-refractivity contribution in [3.63, 3.8) is 0 Å². The standard InChI is InChI=1S/C28H31Cl2N7O5S/c1-36(2)13-6-12-24(38)32-18-7-3-9-20(15-18)43(41,42)37-14-5-8-19(17-37)33-28(40)26-23(16-31-35-26)34-27(39)25-21(29)10-4-11-22(25)30/h3-4,6-7,9-12,15-16,19H,5,8,13-14,17H2,1-2H3,(H,31,35)(H,32,38)(H,33,40)(H,34,39). The zero-order chi connectivity index (χ0) is 31.1. The Morgan fingerprint density at radius 3 is 2.53 bits per heavy atom. The molecule has 1 aromatic heterocycles. The molecule has 15 heteroatoms. The first kappa shape index (κ1) is 32.2. The van der Waals surface area contributed by atoms with Crippen LogP contribution >= 0.6 is 23.2 Å². The lowest BCUT2D eigenvalue weighted by Crippen LogP contribution is -2.49. The van der Waals surface area contributed by atoms with E-state index in [0.717, 1.165) is 0 Å². The number of H-pyrrole nitrogens is 1. The summed E-state index contributed by atoms with van der Waals surface area (Å²) in [5, 5.41) is 14.8. The van der Waals surface area contributed by atoms with Crippen LogP contribution in [0.15, 0.2) is 65.7 Å². The van der Waals surface area contributed by atoms with Gasteiger partial charge in [0.2, 0.25) is 15.9 Å². The van der Waals surface area contributed by atoms with Gasteiger partial charge < -0.3 is 20.9 Å². The number of halogens is 2. The van der Waals surface area contributed by atoms with Gasteiger partial charge in [0.15, 0.2) is 0 Å². The molecule has 1 aliphatic heterocycles. The van der Waals surface area contributed by atoms with Gasteiger partial charge in [0.25, 0.3) is 11.8 Å². The molecule has 1 fully saturated rings. The first-order valence-electron chi connectivity index (χ1n) is 13.3. The third-order valence-electron chi connectivity index (χ3n) is 6.50. The van der Waals surface area contributed by atoms with E-state index < -0.39 is 27.9 Å². The average molecular weight is 649 g/mol. The molecule has 1 unspecified atom stereocenters. The highest BCUT2D eigenvalue weighted by molar-refractivity contribution is 7.89. The van der Waals surface area contributed by atoms with Gasteiger partial charge in [0.05, 0.1) is 32.4 Å². The van der Waals surface area contributed by atoms with Crippen LogP contribution in [0.5, 0.6) is 0 Å². The third kappa shape index (κ3) is 8.21. The van der Waals surface area contributed by atoms with Crippen LogP contribution in [-0.2, 0) is 14.8 Å². The Bertz CT molecular complexity index is 1620. The van der Waals surface area contributed by atoms with Crippen molar-refractivity contribution in [1.29, 1.82) is 0 Å². The number of aromatic nitrogens is 2. The number of hydrogen-bond donors (Lipinski definition) is 4. The van der Waals surface area contributed by atoms with E-state index in [4.69, 9.17) is 23.2 Å². The number of piperidine rings is 1. The Kier molecular flexibility index (Phi) is 10.6. The minimum Gasteiger partial charge on any atom is -0.347 e. The molecular formula is C28H31Cl2N7O5S. The quantitative estimate of drug-likeness (QED) is 0.245. The molecule has 0 bridgehead atoms. The maximum absolute atomic E-state index is 13.5. The van der Waals surface area contributed by atoms with Gasteiger partial charge in [0, 0.05) is 37.4 Å². The van der Waals surface area contributed by atoms with E-state index in [0.29, 0.717) is 25.1 Å². The molecule has 43 heavy (non-hydrogen) atoms. The summed E-state index contributed by atoms with van der Waals surface area (Å²) in [6, 6.07) is 10.2. The topological polar surface area (TPSA) is 157 Å². The average Bonchev–Trinajstić information content (AvgIpc) is 3.41. The van der Waals surface area contributed by atoms with Crippen molar-refractivity contribution in [2.75, 3.05) is 44.4 Å². The van der Waals surface area contributed by atoms with E-state index in [1.165, 1.54) is 40.8 Å². The molecule has 4 N–H and O–H groups in total. The largest absolute Gasteiger partial charge is 0.347 e. The van der Waals surface area contributed by atoms with E-state index in [9.17, 15) is 22.8 Å². The van der Waals surface area contributed by atoms with Crippen LogP contribution in [0.1, 0.15) is 33.7 Å². The molecule has 1 saturated heterocycles. The minimum absolute atomic E-state index is 0.0143. The van der Waals surface area contributed by atoms with Crippen molar-refractivity contribution in [2.24, 2.45) is 0 Å². The van der Waals surface area contributed by atoms with Gasteiger partial charge in [-0.25, -0.2) is 8.42 Å². The fourth-order valence-corrected chi connectivity index (χ4v) is 6.57. The summed E-state index contributed by atoms with van der Waals surface area (Å²) in [6.07, 6.45) is 5.42. The van der Waals surface area contributed by atoms with Crippen LogP contribution in [0.3, 0.4) is 0 Å². The first-order chi connectivity index (χ1) is 20.5. The highest BCUT2D eigenvalue weighted by Gasteiger charge is 2.32. The summed E-state index contributed by atoms with van der Waals surface area (Å²) in [6.45, 7) is 0.883. The van der Waals surface area contributed by atoms with Crippen LogP contribution in [0.2, 0.25) is 10.0 Å². The van der Waals surface area contributed by atoms with Crippen LogP contribution in [0.4, 0.5) is 11.4 Å². The SMILES string of the molecule is CN(C)CC=CC(=O)Nc1cccc(S(=O)(=O)N2CCCC(NC(=O)c3[nH]ncc3NC(=O)c3c(Cl)cccc3Cl)C2)c1. The van der Waals surface area contributed by atoms with Gasteiger partial charge in [-0.3, -0.25) is 19.5 Å². The Labute approximate surface area is 259 Å². The summed E-state index contributed by atoms with van der Waals surface area (Å²) >= 11 is 12.2. The third-order valence-corrected chi connectivity index (χ3v) is 8.99. The molecule has 3 amide bonds. The summed E-state index contributed by atoms with van der Waals surface area (Å²) in [4.78, 5) is 40.1. The number of rotatable bonds is 10. The Balaban J connectivity index is 1.41. The fourth-order valence-electron chi connectivity index (χ4n) is 4.43. The maximum atomic E-state index is 13.5. The van der Waals surface area contributed by atoms with Crippen molar-refractivity contribution >= 4 is 62.3 Å². The number of sulfonamides is 1. The molecule has 12 nitrogen and oxygen atoms in total.